The van der Waals surface area contributed by atoms with Crippen molar-refractivity contribution in [3.63, 3.8) is 0 Å². The molecule has 2 aromatic rings. The van der Waals surface area contributed by atoms with Crippen LogP contribution in [0.1, 0.15) is 22.7 Å². The van der Waals surface area contributed by atoms with E-state index in [1.807, 2.05) is 56.3 Å². The first-order valence-corrected chi connectivity index (χ1v) is 9.96. The van der Waals surface area contributed by atoms with Crippen molar-refractivity contribution in [2.75, 3.05) is 39.5 Å². The Kier molecular flexibility index (Phi) is 7.31. The number of halogens is 1. The van der Waals surface area contributed by atoms with Gasteiger partial charge in [0.1, 0.15) is 5.75 Å². The highest BCUT2D eigenvalue weighted by Crippen LogP contribution is 2.27. The molecule has 6 heteroatoms. The van der Waals surface area contributed by atoms with Gasteiger partial charge in [-0.25, -0.2) is 0 Å². The van der Waals surface area contributed by atoms with Gasteiger partial charge in [-0.2, -0.15) is 0 Å². The molecule has 0 bridgehead atoms. The van der Waals surface area contributed by atoms with Crippen LogP contribution in [0.2, 0.25) is 5.02 Å². The average Bonchev–Trinajstić information content (AvgIpc) is 2.71. The van der Waals surface area contributed by atoms with Gasteiger partial charge in [0.15, 0.2) is 6.61 Å². The van der Waals surface area contributed by atoms with Crippen molar-refractivity contribution in [1.29, 1.82) is 0 Å². The fourth-order valence-corrected chi connectivity index (χ4v) is 3.62. The van der Waals surface area contributed by atoms with Crippen molar-refractivity contribution < 1.29 is 14.3 Å². The number of hydrogen-bond donors (Lipinski definition) is 1. The lowest BCUT2D eigenvalue weighted by Gasteiger charge is -2.35. The van der Waals surface area contributed by atoms with Gasteiger partial charge in [0, 0.05) is 24.7 Å². The van der Waals surface area contributed by atoms with Gasteiger partial charge in [-0.15, -0.1) is 0 Å². The summed E-state index contributed by atoms with van der Waals surface area (Å²) in [6.07, 6.45) is 0. The number of nitrogens with one attached hydrogen (secondary N) is 1. The molecule has 1 saturated heterocycles. The summed E-state index contributed by atoms with van der Waals surface area (Å²) in [4.78, 5) is 14.7. The number of benzene rings is 2. The topological polar surface area (TPSA) is 50.8 Å². The highest BCUT2D eigenvalue weighted by molar-refractivity contribution is 6.31. The van der Waals surface area contributed by atoms with Crippen LogP contribution in [0.3, 0.4) is 0 Å². The molecule has 1 amide bonds. The average molecular weight is 403 g/mol. The van der Waals surface area contributed by atoms with E-state index in [4.69, 9.17) is 21.1 Å². The van der Waals surface area contributed by atoms with Crippen molar-refractivity contribution in [2.45, 2.75) is 19.9 Å². The lowest BCUT2D eigenvalue weighted by atomic mass is 10.0. The SMILES string of the molecule is Cc1cccc(OCC(=O)NCC(c2ccccc2Cl)N2CCOCC2)c1C. The molecule has 1 aliphatic rings. The maximum absolute atomic E-state index is 12.4. The Labute approximate surface area is 171 Å². The third-order valence-corrected chi connectivity index (χ3v) is 5.50. The molecule has 0 radical (unpaired) electrons. The van der Waals surface area contributed by atoms with Crippen molar-refractivity contribution >= 4 is 17.5 Å². The lowest BCUT2D eigenvalue weighted by molar-refractivity contribution is -0.123. The van der Waals surface area contributed by atoms with E-state index in [9.17, 15) is 4.79 Å². The first-order chi connectivity index (χ1) is 13.6. The standard InChI is InChI=1S/C22H27ClN2O3/c1-16-6-5-9-21(17(16)2)28-15-22(26)24-14-20(25-10-12-27-13-11-25)18-7-3-4-8-19(18)23/h3-9,20H,10-15H2,1-2H3,(H,24,26). The minimum atomic E-state index is -0.147. The zero-order valence-corrected chi connectivity index (χ0v) is 17.2. The quantitative estimate of drug-likeness (QED) is 0.769. The van der Waals surface area contributed by atoms with Crippen LogP contribution in [0.15, 0.2) is 42.5 Å². The van der Waals surface area contributed by atoms with Crippen molar-refractivity contribution in [1.82, 2.24) is 10.2 Å². The van der Waals surface area contributed by atoms with Gasteiger partial charge in [-0.3, -0.25) is 9.69 Å². The third-order valence-electron chi connectivity index (χ3n) is 5.16. The van der Waals surface area contributed by atoms with Gasteiger partial charge in [-0.05, 0) is 42.7 Å². The molecule has 1 aliphatic heterocycles. The molecule has 3 rings (SSSR count). The van der Waals surface area contributed by atoms with E-state index in [0.717, 1.165) is 35.5 Å². The third kappa shape index (κ3) is 5.25. The number of morpholine rings is 1. The maximum atomic E-state index is 12.4. The predicted octanol–water partition coefficient (Wildman–Crippen LogP) is 3.53. The molecule has 5 nitrogen and oxygen atoms in total. The molecule has 0 aromatic heterocycles. The summed E-state index contributed by atoms with van der Waals surface area (Å²) in [5, 5.41) is 3.71. The summed E-state index contributed by atoms with van der Waals surface area (Å²) in [5.41, 5.74) is 3.21. The fourth-order valence-electron chi connectivity index (χ4n) is 3.36. The zero-order valence-electron chi connectivity index (χ0n) is 16.4. The second-order valence-corrected chi connectivity index (χ2v) is 7.38. The second-order valence-electron chi connectivity index (χ2n) is 6.98. The summed E-state index contributed by atoms with van der Waals surface area (Å²) in [7, 11) is 0. The first kappa shape index (κ1) is 20.6. The molecule has 2 aromatic carbocycles. The normalized spacial score (nSPS) is 15.8. The Balaban J connectivity index is 1.62. The molecule has 1 unspecified atom stereocenters. The molecular formula is C22H27ClN2O3. The summed E-state index contributed by atoms with van der Waals surface area (Å²) in [5.74, 6) is 0.595. The highest BCUT2D eigenvalue weighted by Gasteiger charge is 2.24. The van der Waals surface area contributed by atoms with Crippen LogP contribution in [0.4, 0.5) is 0 Å². The van der Waals surface area contributed by atoms with E-state index >= 15 is 0 Å². The minimum Gasteiger partial charge on any atom is -0.483 e. The van der Waals surface area contributed by atoms with Crippen molar-refractivity contribution in [3.05, 3.63) is 64.2 Å². The monoisotopic (exact) mass is 402 g/mol. The fraction of sp³-hybridized carbons (Fsp3) is 0.409. The molecule has 1 N–H and O–H groups in total. The first-order valence-electron chi connectivity index (χ1n) is 9.58. The predicted molar refractivity (Wildman–Crippen MR) is 111 cm³/mol. The van der Waals surface area contributed by atoms with E-state index in [1.54, 1.807) is 0 Å². The molecule has 28 heavy (non-hydrogen) atoms. The Bertz CT molecular complexity index is 806. The maximum Gasteiger partial charge on any atom is 0.258 e. The Hall–Kier alpha value is -2.08. The van der Waals surface area contributed by atoms with Gasteiger partial charge in [-0.1, -0.05) is 41.9 Å². The molecule has 150 valence electrons. The number of rotatable bonds is 7. The van der Waals surface area contributed by atoms with Gasteiger partial charge >= 0.3 is 0 Å². The largest absolute Gasteiger partial charge is 0.483 e. The smallest absolute Gasteiger partial charge is 0.258 e. The number of carbonyl (C=O) groups is 1. The minimum absolute atomic E-state index is 0.00209. The van der Waals surface area contributed by atoms with Gasteiger partial charge < -0.3 is 14.8 Å². The van der Waals surface area contributed by atoms with Crippen LogP contribution >= 0.6 is 11.6 Å². The highest BCUT2D eigenvalue weighted by atomic mass is 35.5. The molecule has 1 atom stereocenters. The number of amides is 1. The van der Waals surface area contributed by atoms with E-state index < -0.39 is 0 Å². The summed E-state index contributed by atoms with van der Waals surface area (Å²) in [6, 6.07) is 13.6. The van der Waals surface area contributed by atoms with Crippen LogP contribution < -0.4 is 10.1 Å². The Morgan fingerprint density at radius 3 is 2.68 bits per heavy atom. The molecule has 0 spiro atoms. The molecule has 1 fully saturated rings. The summed E-state index contributed by atoms with van der Waals surface area (Å²) in [6.45, 7) is 7.47. The Morgan fingerprint density at radius 2 is 1.93 bits per heavy atom. The van der Waals surface area contributed by atoms with Gasteiger partial charge in [0.05, 0.1) is 19.3 Å². The van der Waals surface area contributed by atoms with E-state index in [0.29, 0.717) is 24.8 Å². The summed E-state index contributed by atoms with van der Waals surface area (Å²) < 4.78 is 11.2. The number of ether oxygens (including phenoxy) is 2. The Morgan fingerprint density at radius 1 is 1.18 bits per heavy atom. The van der Waals surface area contributed by atoms with Crippen LogP contribution in [0, 0.1) is 13.8 Å². The van der Waals surface area contributed by atoms with Crippen LogP contribution in [0.5, 0.6) is 5.75 Å². The van der Waals surface area contributed by atoms with E-state index in [1.165, 1.54) is 0 Å². The number of aryl methyl sites for hydroxylation is 1. The molecule has 1 heterocycles. The van der Waals surface area contributed by atoms with Crippen LogP contribution in [-0.2, 0) is 9.53 Å². The zero-order chi connectivity index (χ0) is 19.9. The van der Waals surface area contributed by atoms with Crippen LogP contribution in [-0.4, -0.2) is 50.3 Å². The van der Waals surface area contributed by atoms with Gasteiger partial charge in [0.2, 0.25) is 0 Å². The lowest BCUT2D eigenvalue weighted by Crippen LogP contribution is -2.44. The van der Waals surface area contributed by atoms with Crippen molar-refractivity contribution in [2.24, 2.45) is 0 Å². The summed E-state index contributed by atoms with van der Waals surface area (Å²) >= 11 is 6.43. The van der Waals surface area contributed by atoms with E-state index in [2.05, 4.69) is 10.2 Å². The van der Waals surface area contributed by atoms with Gasteiger partial charge in [0.25, 0.3) is 5.91 Å². The molecule has 0 saturated carbocycles. The number of hydrogen-bond acceptors (Lipinski definition) is 4. The number of carbonyl (C=O) groups excluding carboxylic acids is 1. The molecular weight excluding hydrogens is 376 g/mol. The second kappa shape index (κ2) is 9.92. The van der Waals surface area contributed by atoms with Crippen LogP contribution in [0.25, 0.3) is 0 Å². The van der Waals surface area contributed by atoms with E-state index in [-0.39, 0.29) is 18.6 Å². The molecule has 0 aliphatic carbocycles. The van der Waals surface area contributed by atoms with Crippen molar-refractivity contribution in [3.8, 4) is 5.75 Å². The number of nitrogens with zero attached hydrogens (tertiary/aromatic N) is 1.